The van der Waals surface area contributed by atoms with E-state index in [-0.39, 0.29) is 5.91 Å². The number of carbonyl (C=O) groups excluding carboxylic acids is 1. The third kappa shape index (κ3) is 4.77. The number of benzene rings is 2. The summed E-state index contributed by atoms with van der Waals surface area (Å²) >= 11 is 0. The predicted octanol–water partition coefficient (Wildman–Crippen LogP) is 3.51. The van der Waals surface area contributed by atoms with E-state index >= 15 is 0 Å². The number of nitrogens with zero attached hydrogens (tertiary/aromatic N) is 4. The van der Waals surface area contributed by atoms with Gasteiger partial charge < -0.3 is 19.3 Å². The lowest BCUT2D eigenvalue weighted by Gasteiger charge is -2.35. The van der Waals surface area contributed by atoms with E-state index in [9.17, 15) is 4.79 Å². The van der Waals surface area contributed by atoms with E-state index in [1.807, 2.05) is 60.4 Å². The zero-order chi connectivity index (χ0) is 21.6. The molecule has 0 aliphatic carbocycles. The molecule has 1 aromatic heterocycles. The third-order valence-electron chi connectivity index (χ3n) is 5.34. The Morgan fingerprint density at radius 3 is 2.13 bits per heavy atom. The molecular weight excluding hydrogens is 392 g/mol. The zero-order valence-electron chi connectivity index (χ0n) is 17.8. The topological polar surface area (TPSA) is 67.8 Å². The number of amides is 1. The lowest BCUT2D eigenvalue weighted by molar-refractivity contribution is 0.0746. The van der Waals surface area contributed by atoms with Crippen LogP contribution in [0.5, 0.6) is 11.5 Å². The highest BCUT2D eigenvalue weighted by molar-refractivity contribution is 5.94. The van der Waals surface area contributed by atoms with Gasteiger partial charge in [-0.3, -0.25) is 4.79 Å². The van der Waals surface area contributed by atoms with Crippen molar-refractivity contribution >= 4 is 11.7 Å². The van der Waals surface area contributed by atoms with Gasteiger partial charge in [0.2, 0.25) is 0 Å². The number of hydrogen-bond acceptors (Lipinski definition) is 6. The molecule has 0 atom stereocenters. The number of anilines is 1. The monoisotopic (exact) mass is 418 g/mol. The first-order chi connectivity index (χ1) is 15.2. The Bertz CT molecular complexity index is 997. The highest BCUT2D eigenvalue weighted by Gasteiger charge is 2.23. The number of aromatic nitrogens is 2. The largest absolute Gasteiger partial charge is 0.497 e. The number of rotatable bonds is 6. The standard InChI is InChI=1S/C24H26N4O3/c1-3-31-21-10-4-18(5-11-21)22-12-13-23(26-25-22)27-14-16-28(17-15-27)24(29)19-6-8-20(30-2)9-7-19/h4-13H,3,14-17H2,1-2H3. The molecule has 1 amide bonds. The van der Waals surface area contributed by atoms with Gasteiger partial charge in [0, 0.05) is 37.3 Å². The van der Waals surface area contributed by atoms with Crippen LogP contribution in [0.15, 0.2) is 60.7 Å². The van der Waals surface area contributed by atoms with E-state index in [0.29, 0.717) is 25.3 Å². The van der Waals surface area contributed by atoms with E-state index in [4.69, 9.17) is 9.47 Å². The van der Waals surface area contributed by atoms with E-state index in [1.54, 1.807) is 19.2 Å². The molecule has 0 unspecified atom stereocenters. The smallest absolute Gasteiger partial charge is 0.253 e. The van der Waals surface area contributed by atoms with Crippen LogP contribution in [0.2, 0.25) is 0 Å². The molecule has 1 aliphatic rings. The summed E-state index contributed by atoms with van der Waals surface area (Å²) in [5, 5.41) is 8.80. The quantitative estimate of drug-likeness (QED) is 0.610. The van der Waals surface area contributed by atoms with Gasteiger partial charge in [0.05, 0.1) is 19.4 Å². The Kier molecular flexibility index (Phi) is 6.31. The molecule has 7 heteroatoms. The van der Waals surface area contributed by atoms with Crippen LogP contribution in [0, 0.1) is 0 Å². The van der Waals surface area contributed by atoms with Crippen LogP contribution in [-0.4, -0.2) is 60.9 Å². The average molecular weight is 418 g/mol. The van der Waals surface area contributed by atoms with E-state index in [0.717, 1.165) is 41.7 Å². The van der Waals surface area contributed by atoms with Crippen molar-refractivity contribution in [2.75, 3.05) is 44.8 Å². The number of ether oxygens (including phenoxy) is 2. The maximum absolute atomic E-state index is 12.7. The first kappa shape index (κ1) is 20.7. The van der Waals surface area contributed by atoms with Crippen LogP contribution in [0.4, 0.5) is 5.82 Å². The summed E-state index contributed by atoms with van der Waals surface area (Å²) < 4.78 is 10.6. The Hall–Kier alpha value is -3.61. The van der Waals surface area contributed by atoms with Crippen LogP contribution >= 0.6 is 0 Å². The van der Waals surface area contributed by atoms with Crippen LogP contribution < -0.4 is 14.4 Å². The summed E-state index contributed by atoms with van der Waals surface area (Å²) in [5.74, 6) is 2.46. The molecule has 31 heavy (non-hydrogen) atoms. The van der Waals surface area contributed by atoms with Crippen molar-refractivity contribution in [1.29, 1.82) is 0 Å². The molecule has 160 valence electrons. The molecule has 2 aromatic carbocycles. The van der Waals surface area contributed by atoms with Crippen molar-refractivity contribution < 1.29 is 14.3 Å². The fourth-order valence-corrected chi connectivity index (χ4v) is 3.59. The van der Waals surface area contributed by atoms with Crippen LogP contribution in [0.1, 0.15) is 17.3 Å². The van der Waals surface area contributed by atoms with E-state index < -0.39 is 0 Å². The second-order valence-corrected chi connectivity index (χ2v) is 7.24. The molecule has 7 nitrogen and oxygen atoms in total. The number of piperazine rings is 1. The van der Waals surface area contributed by atoms with Gasteiger partial charge in [-0.05, 0) is 67.6 Å². The molecule has 3 aromatic rings. The van der Waals surface area contributed by atoms with Crippen molar-refractivity contribution in [3.8, 4) is 22.8 Å². The van der Waals surface area contributed by atoms with Gasteiger partial charge in [-0.1, -0.05) is 0 Å². The molecule has 0 bridgehead atoms. The molecule has 4 rings (SSSR count). The minimum Gasteiger partial charge on any atom is -0.497 e. The van der Waals surface area contributed by atoms with Gasteiger partial charge in [-0.25, -0.2) is 0 Å². The van der Waals surface area contributed by atoms with Crippen LogP contribution in [0.3, 0.4) is 0 Å². The molecule has 1 aliphatic heterocycles. The minimum absolute atomic E-state index is 0.0410. The maximum Gasteiger partial charge on any atom is 0.253 e. The molecular formula is C24H26N4O3. The number of carbonyl (C=O) groups is 1. The first-order valence-corrected chi connectivity index (χ1v) is 10.4. The van der Waals surface area contributed by atoms with E-state index in [1.165, 1.54) is 0 Å². The molecule has 0 saturated carbocycles. The maximum atomic E-state index is 12.7. The van der Waals surface area contributed by atoms with Gasteiger partial charge in [0.15, 0.2) is 5.82 Å². The highest BCUT2D eigenvalue weighted by atomic mass is 16.5. The first-order valence-electron chi connectivity index (χ1n) is 10.4. The fourth-order valence-electron chi connectivity index (χ4n) is 3.59. The average Bonchev–Trinajstić information content (AvgIpc) is 2.85. The summed E-state index contributed by atoms with van der Waals surface area (Å²) in [6.45, 7) is 5.35. The van der Waals surface area contributed by atoms with Gasteiger partial charge >= 0.3 is 0 Å². The Balaban J connectivity index is 1.35. The lowest BCUT2D eigenvalue weighted by Crippen LogP contribution is -2.49. The lowest BCUT2D eigenvalue weighted by atomic mass is 10.1. The van der Waals surface area contributed by atoms with Crippen molar-refractivity contribution in [2.45, 2.75) is 6.92 Å². The van der Waals surface area contributed by atoms with Crippen molar-refractivity contribution in [3.05, 3.63) is 66.2 Å². The number of methoxy groups -OCH3 is 1. The Labute approximate surface area is 182 Å². The Morgan fingerprint density at radius 1 is 0.871 bits per heavy atom. The summed E-state index contributed by atoms with van der Waals surface area (Å²) in [4.78, 5) is 16.8. The molecule has 0 spiro atoms. The minimum atomic E-state index is 0.0410. The fraction of sp³-hybridized carbons (Fsp3) is 0.292. The predicted molar refractivity (Wildman–Crippen MR) is 120 cm³/mol. The van der Waals surface area contributed by atoms with Crippen molar-refractivity contribution in [1.82, 2.24) is 15.1 Å². The van der Waals surface area contributed by atoms with Crippen molar-refractivity contribution in [2.24, 2.45) is 0 Å². The third-order valence-corrected chi connectivity index (χ3v) is 5.34. The zero-order valence-corrected chi connectivity index (χ0v) is 17.8. The molecule has 0 radical (unpaired) electrons. The second-order valence-electron chi connectivity index (χ2n) is 7.24. The molecule has 1 fully saturated rings. The molecule has 1 saturated heterocycles. The summed E-state index contributed by atoms with van der Waals surface area (Å²) in [5.41, 5.74) is 2.49. The molecule has 2 heterocycles. The summed E-state index contributed by atoms with van der Waals surface area (Å²) in [7, 11) is 1.61. The molecule has 0 N–H and O–H groups in total. The second kappa shape index (κ2) is 9.47. The van der Waals surface area contributed by atoms with Gasteiger partial charge in [0.25, 0.3) is 5.91 Å². The summed E-state index contributed by atoms with van der Waals surface area (Å²) in [6, 6.07) is 19.0. The number of hydrogen-bond donors (Lipinski definition) is 0. The van der Waals surface area contributed by atoms with Crippen LogP contribution in [0.25, 0.3) is 11.3 Å². The van der Waals surface area contributed by atoms with Crippen LogP contribution in [-0.2, 0) is 0 Å². The SMILES string of the molecule is CCOc1ccc(-c2ccc(N3CCN(C(=O)c4ccc(OC)cc4)CC3)nn2)cc1. The van der Waals surface area contributed by atoms with Crippen molar-refractivity contribution in [3.63, 3.8) is 0 Å². The van der Waals surface area contributed by atoms with E-state index in [2.05, 4.69) is 15.1 Å². The van der Waals surface area contributed by atoms with Gasteiger partial charge in [0.1, 0.15) is 11.5 Å². The normalized spacial score (nSPS) is 13.7. The van der Waals surface area contributed by atoms with Gasteiger partial charge in [-0.2, -0.15) is 0 Å². The Morgan fingerprint density at radius 2 is 1.55 bits per heavy atom. The highest BCUT2D eigenvalue weighted by Crippen LogP contribution is 2.22. The summed E-state index contributed by atoms with van der Waals surface area (Å²) in [6.07, 6.45) is 0. The van der Waals surface area contributed by atoms with Gasteiger partial charge in [-0.15, -0.1) is 10.2 Å².